The zero-order valence-electron chi connectivity index (χ0n) is 19.3. The van der Waals surface area contributed by atoms with Crippen molar-refractivity contribution in [1.82, 2.24) is 9.47 Å². The van der Waals surface area contributed by atoms with Gasteiger partial charge in [0, 0.05) is 48.1 Å². The molecule has 0 unspecified atom stereocenters. The van der Waals surface area contributed by atoms with Gasteiger partial charge in [0.2, 0.25) is 0 Å². The van der Waals surface area contributed by atoms with Gasteiger partial charge in [-0.25, -0.2) is 13.6 Å². The predicted octanol–water partition coefficient (Wildman–Crippen LogP) is 5.56. The topological polar surface area (TPSA) is 68.6 Å². The fraction of sp³-hybridized carbons (Fsp3) is 0.179. The Kier molecular flexibility index (Phi) is 5.38. The van der Waals surface area contributed by atoms with E-state index < -0.39 is 28.7 Å². The largest absolute Gasteiger partial charge is 0.450 e. The van der Waals surface area contributed by atoms with Gasteiger partial charge in [-0.05, 0) is 30.3 Å². The number of ether oxygens (including phenoxy) is 1. The lowest BCUT2D eigenvalue weighted by Gasteiger charge is -2.38. The van der Waals surface area contributed by atoms with Crippen molar-refractivity contribution in [1.29, 1.82) is 0 Å². The van der Waals surface area contributed by atoms with Crippen LogP contribution in [0.5, 0.6) is 0 Å². The van der Waals surface area contributed by atoms with Crippen molar-refractivity contribution in [2.75, 3.05) is 13.1 Å². The van der Waals surface area contributed by atoms with Crippen molar-refractivity contribution < 1.29 is 27.9 Å². The highest BCUT2D eigenvalue weighted by molar-refractivity contribution is 6.31. The van der Waals surface area contributed by atoms with Crippen molar-refractivity contribution in [3.63, 3.8) is 0 Å². The average molecular weight is 521 g/mol. The number of amides is 1. The van der Waals surface area contributed by atoms with Crippen molar-refractivity contribution in [3.8, 4) is 0 Å². The van der Waals surface area contributed by atoms with E-state index in [-0.39, 0.29) is 17.4 Å². The van der Waals surface area contributed by atoms with Gasteiger partial charge >= 0.3 is 5.97 Å². The lowest BCUT2D eigenvalue weighted by atomic mass is 9.83. The third-order valence-electron chi connectivity index (χ3n) is 7.18. The first-order chi connectivity index (χ1) is 17.8. The minimum absolute atomic E-state index is 0.233. The molecule has 37 heavy (non-hydrogen) atoms. The number of piperidine rings is 1. The number of aromatic nitrogens is 1. The lowest BCUT2D eigenvalue weighted by Crippen LogP contribution is -2.45. The van der Waals surface area contributed by atoms with Gasteiger partial charge in [0.25, 0.3) is 11.8 Å². The molecule has 1 spiro atoms. The molecule has 1 saturated heterocycles. The molecule has 1 fully saturated rings. The SMILES string of the molecule is O=C1OC2(CCN(C(=O)c3cn(C(=O)c4cccc(F)c4F)c4cc(Cl)ccc34)CC2)c2ccccc21. The molecule has 3 heterocycles. The molecule has 2 aliphatic heterocycles. The summed E-state index contributed by atoms with van der Waals surface area (Å²) >= 11 is 6.16. The van der Waals surface area contributed by atoms with E-state index in [9.17, 15) is 23.2 Å². The Morgan fingerprint density at radius 1 is 0.919 bits per heavy atom. The second-order valence-electron chi connectivity index (χ2n) is 9.20. The quantitative estimate of drug-likeness (QED) is 0.324. The van der Waals surface area contributed by atoms with Gasteiger partial charge in [-0.15, -0.1) is 0 Å². The Hall–Kier alpha value is -4.04. The van der Waals surface area contributed by atoms with E-state index in [1.807, 2.05) is 12.1 Å². The molecule has 3 aromatic carbocycles. The summed E-state index contributed by atoms with van der Waals surface area (Å²) in [7, 11) is 0. The summed E-state index contributed by atoms with van der Waals surface area (Å²) in [4.78, 5) is 40.9. The molecule has 0 aliphatic carbocycles. The standard InChI is InChI=1S/C28H19ClF2N2O4/c29-16-8-9-17-20(15-33(23(17)14-16)26(35)19-5-3-7-22(30)24(19)31)25(34)32-12-10-28(11-13-32)21-6-2-1-4-18(21)27(36)37-28/h1-9,14-15H,10-13H2. The summed E-state index contributed by atoms with van der Waals surface area (Å²) in [5.74, 6) is -3.93. The summed E-state index contributed by atoms with van der Waals surface area (Å²) in [6.45, 7) is 0.653. The van der Waals surface area contributed by atoms with E-state index in [0.717, 1.165) is 16.2 Å². The van der Waals surface area contributed by atoms with Gasteiger partial charge in [0.1, 0.15) is 5.60 Å². The Bertz CT molecular complexity index is 1620. The van der Waals surface area contributed by atoms with E-state index >= 15 is 0 Å². The maximum absolute atomic E-state index is 14.4. The third-order valence-corrected chi connectivity index (χ3v) is 7.42. The molecule has 9 heteroatoms. The molecule has 4 aromatic rings. The molecule has 0 radical (unpaired) electrons. The van der Waals surface area contributed by atoms with Gasteiger partial charge in [-0.2, -0.15) is 0 Å². The number of esters is 1. The maximum Gasteiger partial charge on any atom is 0.339 e. The lowest BCUT2D eigenvalue weighted by molar-refractivity contribution is -0.0389. The number of likely N-dealkylation sites (tertiary alicyclic amines) is 1. The molecule has 6 nitrogen and oxygen atoms in total. The Morgan fingerprint density at radius 2 is 1.68 bits per heavy atom. The number of carbonyl (C=O) groups excluding carboxylic acids is 3. The molecule has 1 amide bonds. The van der Waals surface area contributed by atoms with Crippen LogP contribution in [-0.4, -0.2) is 40.3 Å². The molecule has 6 rings (SSSR count). The smallest absolute Gasteiger partial charge is 0.339 e. The van der Waals surface area contributed by atoms with Crippen LogP contribution in [0.15, 0.2) is 66.9 Å². The van der Waals surface area contributed by atoms with Crippen LogP contribution in [0.4, 0.5) is 8.78 Å². The van der Waals surface area contributed by atoms with Gasteiger partial charge in [-0.1, -0.05) is 41.9 Å². The minimum Gasteiger partial charge on any atom is -0.450 e. The Labute approximate surface area is 215 Å². The molecular formula is C28H19ClF2N2O4. The molecule has 186 valence electrons. The van der Waals surface area contributed by atoms with Crippen LogP contribution < -0.4 is 0 Å². The zero-order chi connectivity index (χ0) is 25.9. The zero-order valence-corrected chi connectivity index (χ0v) is 20.1. The van der Waals surface area contributed by atoms with Gasteiger partial charge in [0.15, 0.2) is 11.6 Å². The van der Waals surface area contributed by atoms with Crippen LogP contribution >= 0.6 is 11.6 Å². The number of nitrogens with zero attached hydrogens (tertiary/aromatic N) is 2. The summed E-state index contributed by atoms with van der Waals surface area (Å²) in [6.07, 6.45) is 2.20. The summed E-state index contributed by atoms with van der Waals surface area (Å²) in [6, 6.07) is 15.3. The van der Waals surface area contributed by atoms with E-state index in [1.54, 1.807) is 29.2 Å². The normalized spacial score (nSPS) is 16.2. The van der Waals surface area contributed by atoms with Crippen LogP contribution in [0.3, 0.4) is 0 Å². The summed E-state index contributed by atoms with van der Waals surface area (Å²) in [5.41, 5.74) is 0.689. The molecular weight excluding hydrogens is 502 g/mol. The Balaban J connectivity index is 1.33. The average Bonchev–Trinajstić information content (AvgIpc) is 3.40. The first-order valence-electron chi connectivity index (χ1n) is 11.7. The monoisotopic (exact) mass is 520 g/mol. The number of fused-ring (bicyclic) bond motifs is 3. The highest BCUT2D eigenvalue weighted by Crippen LogP contribution is 2.44. The van der Waals surface area contributed by atoms with Gasteiger partial charge < -0.3 is 9.64 Å². The Morgan fingerprint density at radius 3 is 2.46 bits per heavy atom. The molecule has 0 bridgehead atoms. The number of rotatable bonds is 2. The molecule has 1 aromatic heterocycles. The first-order valence-corrected chi connectivity index (χ1v) is 12.1. The third kappa shape index (κ3) is 3.62. The maximum atomic E-state index is 14.4. The number of benzene rings is 3. The van der Waals surface area contributed by atoms with Crippen molar-refractivity contribution in [2.24, 2.45) is 0 Å². The minimum atomic E-state index is -1.27. The highest BCUT2D eigenvalue weighted by atomic mass is 35.5. The van der Waals surface area contributed by atoms with Crippen LogP contribution in [0, 0.1) is 11.6 Å². The summed E-state index contributed by atoms with van der Waals surface area (Å²) in [5, 5.41) is 0.775. The predicted molar refractivity (Wildman–Crippen MR) is 132 cm³/mol. The van der Waals surface area contributed by atoms with Crippen LogP contribution in [-0.2, 0) is 10.3 Å². The van der Waals surface area contributed by atoms with E-state index in [4.69, 9.17) is 16.3 Å². The molecule has 0 N–H and O–H groups in total. The molecule has 0 atom stereocenters. The van der Waals surface area contributed by atoms with E-state index in [1.165, 1.54) is 24.4 Å². The van der Waals surface area contributed by atoms with E-state index in [2.05, 4.69) is 0 Å². The fourth-order valence-corrected chi connectivity index (χ4v) is 5.46. The van der Waals surface area contributed by atoms with Crippen molar-refractivity contribution >= 4 is 40.3 Å². The van der Waals surface area contributed by atoms with Crippen molar-refractivity contribution in [2.45, 2.75) is 18.4 Å². The second-order valence-corrected chi connectivity index (χ2v) is 9.64. The fourth-order valence-electron chi connectivity index (χ4n) is 5.30. The van der Waals surface area contributed by atoms with E-state index in [0.29, 0.717) is 47.4 Å². The van der Waals surface area contributed by atoms with Gasteiger partial charge in [-0.3, -0.25) is 14.2 Å². The highest BCUT2D eigenvalue weighted by Gasteiger charge is 2.47. The van der Waals surface area contributed by atoms with Crippen LogP contribution in [0.25, 0.3) is 10.9 Å². The molecule has 0 saturated carbocycles. The van der Waals surface area contributed by atoms with Gasteiger partial charge in [0.05, 0.1) is 22.2 Å². The number of hydrogen-bond donors (Lipinski definition) is 0. The first kappa shape index (κ1) is 23.4. The number of hydrogen-bond acceptors (Lipinski definition) is 4. The second kappa shape index (κ2) is 8.52. The van der Waals surface area contributed by atoms with Crippen LogP contribution in [0.1, 0.15) is 49.5 Å². The summed E-state index contributed by atoms with van der Waals surface area (Å²) < 4.78 is 35.1. The van der Waals surface area contributed by atoms with Crippen LogP contribution in [0.2, 0.25) is 5.02 Å². The molecule has 2 aliphatic rings. The number of halogens is 3. The van der Waals surface area contributed by atoms with Crippen molar-refractivity contribution in [3.05, 3.63) is 106 Å². The number of carbonyl (C=O) groups is 3.